The topological polar surface area (TPSA) is 57.5 Å². The highest BCUT2D eigenvalue weighted by atomic mass is 16.6. The fourth-order valence-corrected chi connectivity index (χ4v) is 2.79. The van der Waals surface area contributed by atoms with Crippen LogP contribution in [0.4, 0.5) is 0 Å². The molecular weight excluding hydrogens is 294 g/mol. The Morgan fingerprint density at radius 3 is 2.70 bits per heavy atom. The Hall–Kier alpha value is -2.56. The molecule has 1 aromatic heterocycles. The van der Waals surface area contributed by atoms with Crippen LogP contribution in [0.25, 0.3) is 0 Å². The number of carbonyl (C=O) groups is 2. The molecule has 0 radical (unpaired) electrons. The number of nitrogens with zero attached hydrogens (tertiary/aromatic N) is 1. The molecule has 2 aromatic rings. The van der Waals surface area contributed by atoms with Gasteiger partial charge in [-0.3, -0.25) is 0 Å². The maximum atomic E-state index is 12.3. The first kappa shape index (κ1) is 15.3. The monoisotopic (exact) mass is 313 g/mol. The van der Waals surface area contributed by atoms with Crippen LogP contribution in [0, 0.1) is 13.8 Å². The number of cyclic esters (lactones) is 1. The van der Waals surface area contributed by atoms with E-state index in [0.29, 0.717) is 25.1 Å². The van der Waals surface area contributed by atoms with E-state index in [1.54, 1.807) is 6.07 Å². The van der Waals surface area contributed by atoms with E-state index < -0.39 is 18.0 Å². The lowest BCUT2D eigenvalue weighted by Crippen LogP contribution is -2.23. The van der Waals surface area contributed by atoms with Crippen LogP contribution < -0.4 is 0 Å². The van der Waals surface area contributed by atoms with Crippen molar-refractivity contribution in [2.45, 2.75) is 32.9 Å². The summed E-state index contributed by atoms with van der Waals surface area (Å²) in [4.78, 5) is 23.8. The van der Waals surface area contributed by atoms with E-state index in [1.807, 2.05) is 44.2 Å². The second-order valence-electron chi connectivity index (χ2n) is 5.71. The van der Waals surface area contributed by atoms with Crippen molar-refractivity contribution in [1.82, 2.24) is 4.57 Å². The van der Waals surface area contributed by atoms with Crippen molar-refractivity contribution < 1.29 is 19.1 Å². The summed E-state index contributed by atoms with van der Waals surface area (Å²) >= 11 is 0. The average molecular weight is 313 g/mol. The van der Waals surface area contributed by atoms with E-state index in [2.05, 4.69) is 4.57 Å². The summed E-state index contributed by atoms with van der Waals surface area (Å²) in [5.41, 5.74) is 3.47. The highest BCUT2D eigenvalue weighted by Crippen LogP contribution is 2.20. The predicted octanol–water partition coefficient (Wildman–Crippen LogP) is 2.63. The first-order valence-corrected chi connectivity index (χ1v) is 7.64. The number of aromatic nitrogens is 1. The third kappa shape index (κ3) is 3.13. The summed E-state index contributed by atoms with van der Waals surface area (Å²) in [6.45, 7) is 4.84. The Bertz CT molecular complexity index is 733. The molecule has 1 aliphatic rings. The van der Waals surface area contributed by atoms with E-state index in [0.717, 1.165) is 17.0 Å². The molecule has 0 spiro atoms. The van der Waals surface area contributed by atoms with E-state index >= 15 is 0 Å². The molecule has 0 amide bonds. The van der Waals surface area contributed by atoms with Crippen LogP contribution in [0.1, 0.15) is 33.7 Å². The number of carbonyl (C=O) groups excluding carboxylic acids is 2. The molecule has 0 aliphatic carbocycles. The second kappa shape index (κ2) is 6.28. The van der Waals surface area contributed by atoms with Crippen molar-refractivity contribution in [2.75, 3.05) is 6.61 Å². The zero-order valence-corrected chi connectivity index (χ0v) is 13.2. The van der Waals surface area contributed by atoms with Crippen molar-refractivity contribution in [3.05, 3.63) is 58.9 Å². The van der Waals surface area contributed by atoms with Crippen LogP contribution >= 0.6 is 0 Å². The van der Waals surface area contributed by atoms with Gasteiger partial charge < -0.3 is 14.0 Å². The van der Waals surface area contributed by atoms with E-state index in [4.69, 9.17) is 9.47 Å². The van der Waals surface area contributed by atoms with Crippen molar-refractivity contribution in [1.29, 1.82) is 0 Å². The lowest BCUT2D eigenvalue weighted by Gasteiger charge is -2.11. The number of rotatable bonds is 4. The Morgan fingerprint density at radius 2 is 2.04 bits per heavy atom. The molecular formula is C18H19NO4. The van der Waals surface area contributed by atoms with Crippen LogP contribution in [0.3, 0.4) is 0 Å². The SMILES string of the molecule is Cc1cc(C(=O)O[C@@H]2CCOC2=O)c(C)n1Cc1ccccc1. The normalized spacial score (nSPS) is 17.1. The fraction of sp³-hybridized carbons (Fsp3) is 0.333. The van der Waals surface area contributed by atoms with Gasteiger partial charge in [-0.25, -0.2) is 9.59 Å². The third-order valence-corrected chi connectivity index (χ3v) is 4.11. The first-order valence-electron chi connectivity index (χ1n) is 7.64. The number of hydrogen-bond acceptors (Lipinski definition) is 4. The van der Waals surface area contributed by atoms with E-state index in [-0.39, 0.29) is 0 Å². The summed E-state index contributed by atoms with van der Waals surface area (Å²) in [5.74, 6) is -0.933. The Kier molecular flexibility index (Phi) is 4.19. The molecule has 1 fully saturated rings. The predicted molar refractivity (Wildman–Crippen MR) is 84.2 cm³/mol. The van der Waals surface area contributed by atoms with E-state index in [1.165, 1.54) is 0 Å². The molecule has 1 aromatic carbocycles. The molecule has 5 nitrogen and oxygen atoms in total. The largest absolute Gasteiger partial charge is 0.463 e. The van der Waals surface area contributed by atoms with Gasteiger partial charge in [0.2, 0.25) is 6.10 Å². The smallest absolute Gasteiger partial charge is 0.347 e. The third-order valence-electron chi connectivity index (χ3n) is 4.11. The van der Waals surface area contributed by atoms with Crippen molar-refractivity contribution >= 4 is 11.9 Å². The zero-order chi connectivity index (χ0) is 16.4. The van der Waals surface area contributed by atoms with Gasteiger partial charge in [0.25, 0.3) is 0 Å². The summed E-state index contributed by atoms with van der Waals surface area (Å²) in [5, 5.41) is 0. The number of ether oxygens (including phenoxy) is 2. The van der Waals surface area contributed by atoms with Gasteiger partial charge in [0.05, 0.1) is 12.2 Å². The van der Waals surface area contributed by atoms with Crippen LogP contribution in [-0.2, 0) is 20.8 Å². The molecule has 5 heteroatoms. The minimum absolute atomic E-state index is 0.309. The Morgan fingerprint density at radius 1 is 1.30 bits per heavy atom. The van der Waals surface area contributed by atoms with Crippen LogP contribution in [0.15, 0.2) is 36.4 Å². The van der Waals surface area contributed by atoms with E-state index in [9.17, 15) is 9.59 Å². The molecule has 120 valence electrons. The fourth-order valence-electron chi connectivity index (χ4n) is 2.79. The lowest BCUT2D eigenvalue weighted by molar-refractivity contribution is -0.145. The van der Waals surface area contributed by atoms with Crippen LogP contribution in [-0.4, -0.2) is 29.2 Å². The maximum absolute atomic E-state index is 12.3. The van der Waals surface area contributed by atoms with Gasteiger partial charge in [-0.2, -0.15) is 0 Å². The Balaban J connectivity index is 1.79. The van der Waals surface area contributed by atoms with Crippen molar-refractivity contribution in [3.8, 4) is 0 Å². The first-order chi connectivity index (χ1) is 11.1. The van der Waals surface area contributed by atoms with Gasteiger partial charge in [0, 0.05) is 24.4 Å². The van der Waals surface area contributed by atoms with Crippen LogP contribution in [0.5, 0.6) is 0 Å². The minimum Gasteiger partial charge on any atom is -0.463 e. The number of benzene rings is 1. The minimum atomic E-state index is -0.778. The quantitative estimate of drug-likeness (QED) is 0.814. The second-order valence-corrected chi connectivity index (χ2v) is 5.71. The molecule has 2 heterocycles. The van der Waals surface area contributed by atoms with Gasteiger partial charge in [-0.05, 0) is 25.5 Å². The molecule has 1 saturated heterocycles. The summed E-state index contributed by atoms with van der Waals surface area (Å²) in [7, 11) is 0. The number of aryl methyl sites for hydroxylation is 1. The van der Waals surface area contributed by atoms with Gasteiger partial charge >= 0.3 is 11.9 Å². The summed E-state index contributed by atoms with van der Waals surface area (Å²) in [6, 6.07) is 11.9. The van der Waals surface area contributed by atoms with Gasteiger partial charge in [0.1, 0.15) is 0 Å². The van der Waals surface area contributed by atoms with Crippen molar-refractivity contribution in [3.63, 3.8) is 0 Å². The summed E-state index contributed by atoms with van der Waals surface area (Å²) in [6.07, 6.45) is -0.354. The molecule has 0 bridgehead atoms. The van der Waals surface area contributed by atoms with Crippen molar-refractivity contribution in [2.24, 2.45) is 0 Å². The highest BCUT2D eigenvalue weighted by Gasteiger charge is 2.31. The standard InChI is InChI=1S/C18H19NO4/c1-12-10-15(17(20)23-16-8-9-22-18(16)21)13(2)19(12)11-14-6-4-3-5-7-14/h3-7,10,16H,8-9,11H2,1-2H3/t16-/m1/s1. The molecule has 1 atom stereocenters. The van der Waals surface area contributed by atoms with Crippen LogP contribution in [0.2, 0.25) is 0 Å². The molecule has 0 saturated carbocycles. The molecule has 1 aliphatic heterocycles. The number of hydrogen-bond donors (Lipinski definition) is 0. The molecule has 3 rings (SSSR count). The van der Waals surface area contributed by atoms with Gasteiger partial charge in [-0.1, -0.05) is 30.3 Å². The lowest BCUT2D eigenvalue weighted by atomic mass is 10.2. The Labute approximate surface area is 134 Å². The highest BCUT2D eigenvalue weighted by molar-refractivity contribution is 5.93. The number of esters is 2. The molecule has 0 N–H and O–H groups in total. The molecule has 23 heavy (non-hydrogen) atoms. The maximum Gasteiger partial charge on any atom is 0.347 e. The molecule has 0 unspecified atom stereocenters. The average Bonchev–Trinajstić information content (AvgIpc) is 3.06. The zero-order valence-electron chi connectivity index (χ0n) is 13.2. The van der Waals surface area contributed by atoms with Gasteiger partial charge in [0.15, 0.2) is 0 Å². The van der Waals surface area contributed by atoms with Gasteiger partial charge in [-0.15, -0.1) is 0 Å². The summed E-state index contributed by atoms with van der Waals surface area (Å²) < 4.78 is 12.2.